The highest BCUT2D eigenvalue weighted by Crippen LogP contribution is 2.50. The first-order valence-corrected chi connectivity index (χ1v) is 49.5. The van der Waals surface area contributed by atoms with Crippen LogP contribution in [-0.2, 0) is 0 Å². The molecule has 26 rings (SSSR count). The fourth-order valence-corrected chi connectivity index (χ4v) is 20.9. The molecular weight excluding hydrogens is 1740 g/mol. The summed E-state index contributed by atoms with van der Waals surface area (Å²) in [7, 11) is 0. The Kier molecular flexibility index (Phi) is 23.6. The predicted molar refractivity (Wildman–Crippen MR) is 619 cm³/mol. The highest BCUT2D eigenvalue weighted by atomic mass is 15.2. The van der Waals surface area contributed by atoms with Crippen LogP contribution in [0.4, 0.5) is 102 Å². The summed E-state index contributed by atoms with van der Waals surface area (Å²) in [5.74, 6) is 0. The van der Waals surface area contributed by atoms with E-state index in [0.717, 1.165) is 102 Å². The number of nitrogens with zero attached hydrogens (tertiary/aromatic N) is 6. The van der Waals surface area contributed by atoms with Gasteiger partial charge in [0.15, 0.2) is 0 Å². The van der Waals surface area contributed by atoms with Crippen LogP contribution in [-0.4, -0.2) is 0 Å². The molecule has 0 N–H and O–H groups in total. The Morgan fingerprint density at radius 1 is 0.0972 bits per heavy atom. The van der Waals surface area contributed by atoms with Crippen LogP contribution in [0, 0.1) is 27.7 Å². The van der Waals surface area contributed by atoms with Crippen LogP contribution < -0.4 is 29.4 Å². The second-order valence-corrected chi connectivity index (χ2v) is 37.6. The van der Waals surface area contributed by atoms with Gasteiger partial charge in [-0.15, -0.1) is 0 Å². The van der Waals surface area contributed by atoms with Crippen LogP contribution in [0.1, 0.15) is 22.3 Å². The van der Waals surface area contributed by atoms with Crippen molar-refractivity contribution in [2.24, 2.45) is 0 Å². The molecule has 0 spiro atoms. The second kappa shape index (κ2) is 38.6. The molecule has 0 amide bonds. The molecular formula is C138H102N6. The summed E-state index contributed by atoms with van der Waals surface area (Å²) in [6.45, 7) is 8.52. The SMILES string of the molecule is Cc1ccc(N(c2ccc(C)cc2)c2ccc3cc(N(c4ccc(C)cc4)c4ccc(C)cc4)ccc3c2)cc1.c1ccc2c(N(c3ccc4cc(N(c5cccc6ccccc56)c5cccc6ccccc56)ccc4c3)c3cccc4ccccc34)cccc2c1.c1ccc2cc(N(c3ccc4cc(N(c5ccc6ccccc6c5)c5cccc6ccccc56)ccc4c3)c3cccc4ccccc34)ccc2c1. The molecule has 0 heterocycles. The summed E-state index contributed by atoms with van der Waals surface area (Å²) in [5, 5.41) is 26.7. The van der Waals surface area contributed by atoms with Gasteiger partial charge in [0.05, 0.1) is 34.1 Å². The predicted octanol–water partition coefficient (Wildman–Crippen LogP) is 39.8. The monoisotopic (exact) mass is 1840 g/mol. The first kappa shape index (κ1) is 88.1. The second-order valence-electron chi connectivity index (χ2n) is 37.6. The molecule has 26 aromatic carbocycles. The van der Waals surface area contributed by atoms with E-state index in [-0.39, 0.29) is 0 Å². The Labute approximate surface area is 840 Å². The maximum atomic E-state index is 2.43. The lowest BCUT2D eigenvalue weighted by Crippen LogP contribution is -2.12. The minimum absolute atomic E-state index is 1.12. The fraction of sp³-hybridized carbons (Fsp3) is 0.0290. The number of benzene rings is 26. The van der Waals surface area contributed by atoms with Crippen LogP contribution in [0.15, 0.2) is 546 Å². The Hall–Kier alpha value is -18.6. The lowest BCUT2D eigenvalue weighted by molar-refractivity contribution is 1.27. The summed E-state index contributed by atoms with van der Waals surface area (Å²) >= 11 is 0. The molecule has 0 aliphatic heterocycles. The molecule has 0 aliphatic carbocycles. The molecule has 0 bridgehead atoms. The zero-order chi connectivity index (χ0) is 96.5. The molecule has 0 aromatic heterocycles. The van der Waals surface area contributed by atoms with Crippen LogP contribution in [0.2, 0.25) is 0 Å². The largest absolute Gasteiger partial charge is 0.310 e. The Bertz CT molecular complexity index is 8500. The number of rotatable bonds is 18. The van der Waals surface area contributed by atoms with Crippen molar-refractivity contribution in [3.05, 3.63) is 568 Å². The molecule has 0 saturated heterocycles. The Morgan fingerprint density at radius 2 is 0.236 bits per heavy atom. The van der Waals surface area contributed by atoms with Gasteiger partial charge in [0.2, 0.25) is 0 Å². The molecule has 684 valence electrons. The summed E-state index contributed by atoms with van der Waals surface area (Å²) in [6, 6.07) is 198. The van der Waals surface area contributed by atoms with Gasteiger partial charge in [-0.25, -0.2) is 0 Å². The minimum Gasteiger partial charge on any atom is -0.310 e. The van der Waals surface area contributed by atoms with E-state index in [9.17, 15) is 0 Å². The van der Waals surface area contributed by atoms with Crippen LogP contribution in [0.5, 0.6) is 0 Å². The lowest BCUT2D eigenvalue weighted by atomic mass is 10.0. The molecule has 0 fully saturated rings. The van der Waals surface area contributed by atoms with Gasteiger partial charge in [0, 0.05) is 101 Å². The summed E-state index contributed by atoms with van der Waals surface area (Å²) in [4.78, 5) is 14.3. The van der Waals surface area contributed by atoms with Crippen molar-refractivity contribution in [2.75, 3.05) is 29.4 Å². The quantitative estimate of drug-likeness (QED) is 0.0847. The summed E-state index contributed by atoms with van der Waals surface area (Å²) < 4.78 is 0. The smallest absolute Gasteiger partial charge is 0.0540 e. The molecule has 0 aliphatic rings. The van der Waals surface area contributed by atoms with Crippen molar-refractivity contribution in [2.45, 2.75) is 27.7 Å². The zero-order valence-corrected chi connectivity index (χ0v) is 80.6. The average molecular weight is 1840 g/mol. The first-order valence-electron chi connectivity index (χ1n) is 49.5. The lowest BCUT2D eigenvalue weighted by Gasteiger charge is -2.29. The van der Waals surface area contributed by atoms with Crippen LogP contribution in [0.25, 0.3) is 118 Å². The van der Waals surface area contributed by atoms with Gasteiger partial charge in [-0.3, -0.25) is 0 Å². The maximum absolute atomic E-state index is 2.43. The van der Waals surface area contributed by atoms with Crippen molar-refractivity contribution < 1.29 is 0 Å². The zero-order valence-electron chi connectivity index (χ0n) is 80.6. The number of hydrogen-bond acceptors (Lipinski definition) is 6. The molecule has 0 atom stereocenters. The molecule has 0 unspecified atom stereocenters. The van der Waals surface area contributed by atoms with Gasteiger partial charge in [-0.2, -0.15) is 0 Å². The molecule has 6 heteroatoms. The van der Waals surface area contributed by atoms with E-state index in [1.165, 1.54) is 141 Å². The molecule has 144 heavy (non-hydrogen) atoms. The highest BCUT2D eigenvalue weighted by Gasteiger charge is 2.26. The van der Waals surface area contributed by atoms with E-state index in [4.69, 9.17) is 0 Å². The Balaban J connectivity index is 0.000000117. The van der Waals surface area contributed by atoms with E-state index in [1.54, 1.807) is 0 Å². The summed E-state index contributed by atoms with van der Waals surface area (Å²) in [6.07, 6.45) is 0. The van der Waals surface area contributed by atoms with E-state index < -0.39 is 0 Å². The third-order valence-corrected chi connectivity index (χ3v) is 28.2. The standard InChI is InChI=1S/2C50H34N2.C38H34N2/c1-5-21-43-35(13-1)17-9-25-47(43)51(48-26-10-18-36-14-2-6-22-44(36)48)41-31-29-40-34-42(32-30-39(40)33-41)52(49-27-11-19-37-15-3-7-23-45(37)49)50-28-12-20-38-16-4-8-24-46(38)50;1-3-15-39-31-43(27-23-35(39)11-1)51(49-21-9-17-37-13-5-7-19-47(37)49)45-29-25-42-34-46(30-26-41(42)33-45)52(44-28-24-36-12-2-4-16-40(36)32-44)50-22-10-18-38-14-6-8-20-48(38)50;1-27-5-15-33(16-6-27)39(34-17-7-28(2)8-18-34)37-23-13-32-26-38(24-14-31(32)25-37)40(35-19-9-29(3)10-20-35)36-21-11-30(4)12-22-36/h2*1-34H;5-26H,1-4H3. The van der Waals surface area contributed by atoms with Crippen molar-refractivity contribution in [3.63, 3.8) is 0 Å². The Morgan fingerprint density at radius 3 is 0.444 bits per heavy atom. The maximum Gasteiger partial charge on any atom is 0.0540 e. The fourth-order valence-electron chi connectivity index (χ4n) is 20.9. The summed E-state index contributed by atoms with van der Waals surface area (Å²) in [5.41, 5.74) is 25.6. The van der Waals surface area contributed by atoms with Crippen molar-refractivity contribution in [1.29, 1.82) is 0 Å². The highest BCUT2D eigenvalue weighted by molar-refractivity contribution is 6.11. The van der Waals surface area contributed by atoms with E-state index >= 15 is 0 Å². The third-order valence-electron chi connectivity index (χ3n) is 28.2. The third kappa shape index (κ3) is 17.5. The normalized spacial score (nSPS) is 11.3. The number of fused-ring (bicyclic) bond motifs is 11. The number of anilines is 18. The van der Waals surface area contributed by atoms with E-state index in [0.29, 0.717) is 0 Å². The van der Waals surface area contributed by atoms with Crippen LogP contribution in [0.3, 0.4) is 0 Å². The van der Waals surface area contributed by atoms with Crippen molar-refractivity contribution in [3.8, 4) is 0 Å². The van der Waals surface area contributed by atoms with Crippen molar-refractivity contribution >= 4 is 221 Å². The average Bonchev–Trinajstić information content (AvgIpc) is 0.748. The van der Waals surface area contributed by atoms with Crippen LogP contribution >= 0.6 is 0 Å². The van der Waals surface area contributed by atoms with Gasteiger partial charge in [0.25, 0.3) is 0 Å². The van der Waals surface area contributed by atoms with Gasteiger partial charge in [0.1, 0.15) is 0 Å². The minimum atomic E-state index is 1.12. The topological polar surface area (TPSA) is 19.4 Å². The van der Waals surface area contributed by atoms with E-state index in [1.807, 2.05) is 0 Å². The van der Waals surface area contributed by atoms with Gasteiger partial charge >= 0.3 is 0 Å². The number of hydrogen-bond donors (Lipinski definition) is 0. The van der Waals surface area contributed by atoms with Crippen molar-refractivity contribution in [1.82, 2.24) is 0 Å². The molecule has 6 nitrogen and oxygen atoms in total. The van der Waals surface area contributed by atoms with Gasteiger partial charge in [-0.05, 0) is 296 Å². The molecule has 26 aromatic rings. The number of aryl methyl sites for hydroxylation is 4. The van der Waals surface area contributed by atoms with E-state index in [2.05, 4.69) is 603 Å². The van der Waals surface area contributed by atoms with Gasteiger partial charge in [-0.1, -0.05) is 386 Å². The molecule has 0 saturated carbocycles. The van der Waals surface area contributed by atoms with Gasteiger partial charge < -0.3 is 29.4 Å². The first-order chi connectivity index (χ1) is 71.0. The molecule has 0 radical (unpaired) electrons.